The Kier molecular flexibility index (Phi) is 3.86. The molecule has 0 fully saturated rings. The van der Waals surface area contributed by atoms with E-state index in [2.05, 4.69) is 11.1 Å². The molecule has 4 heteroatoms. The van der Waals surface area contributed by atoms with E-state index in [9.17, 15) is 0 Å². The van der Waals surface area contributed by atoms with Crippen LogP contribution in [-0.2, 0) is 6.54 Å². The quantitative estimate of drug-likeness (QED) is 0.844. The van der Waals surface area contributed by atoms with Gasteiger partial charge in [0.05, 0.1) is 18.2 Å². The molecule has 98 valence electrons. The van der Waals surface area contributed by atoms with Crippen LogP contribution in [0.1, 0.15) is 22.5 Å². The third-order valence-electron chi connectivity index (χ3n) is 3.09. The molecule has 0 bridgehead atoms. The van der Waals surface area contributed by atoms with E-state index in [0.29, 0.717) is 12.2 Å². The normalized spacial score (nSPS) is 10.2. The van der Waals surface area contributed by atoms with Gasteiger partial charge in [-0.2, -0.15) is 5.26 Å². The Bertz CT molecular complexity index is 600. The number of nitriles is 1. The molecule has 1 aromatic heterocycles. The smallest absolute Gasteiger partial charge is 0.125 e. The van der Waals surface area contributed by atoms with E-state index < -0.39 is 0 Å². The molecule has 0 radical (unpaired) electrons. The first-order chi connectivity index (χ1) is 9.11. The molecule has 0 atom stereocenters. The van der Waals surface area contributed by atoms with Crippen LogP contribution in [0.15, 0.2) is 24.5 Å². The first-order valence-corrected chi connectivity index (χ1v) is 6.23. The number of aromatic nitrogens is 2. The third-order valence-corrected chi connectivity index (χ3v) is 3.09. The average molecular weight is 255 g/mol. The number of hydrogen-bond donors (Lipinski definition) is 0. The van der Waals surface area contributed by atoms with E-state index in [1.807, 2.05) is 43.7 Å². The summed E-state index contributed by atoms with van der Waals surface area (Å²) in [5.41, 5.74) is 2.67. The van der Waals surface area contributed by atoms with Crippen molar-refractivity contribution in [2.75, 3.05) is 6.61 Å². The van der Waals surface area contributed by atoms with Crippen LogP contribution in [0, 0.1) is 32.1 Å². The van der Waals surface area contributed by atoms with Crippen LogP contribution in [0.3, 0.4) is 0 Å². The second-order valence-corrected chi connectivity index (χ2v) is 4.57. The molecular weight excluding hydrogens is 238 g/mol. The number of aryl methyl sites for hydroxylation is 3. The molecule has 19 heavy (non-hydrogen) atoms. The molecule has 0 aliphatic heterocycles. The monoisotopic (exact) mass is 255 g/mol. The SMILES string of the molecule is Cc1cc(C#N)cc(C)c1OCCn1ccnc1C. The maximum absolute atomic E-state index is 8.91. The van der Waals surface area contributed by atoms with Gasteiger partial charge >= 0.3 is 0 Å². The first kappa shape index (κ1) is 13.2. The highest BCUT2D eigenvalue weighted by atomic mass is 16.5. The van der Waals surface area contributed by atoms with E-state index in [1.54, 1.807) is 6.20 Å². The molecule has 2 aromatic rings. The van der Waals surface area contributed by atoms with Crippen molar-refractivity contribution in [3.63, 3.8) is 0 Å². The Morgan fingerprint density at radius 3 is 2.47 bits per heavy atom. The van der Waals surface area contributed by atoms with Crippen molar-refractivity contribution < 1.29 is 4.74 Å². The summed E-state index contributed by atoms with van der Waals surface area (Å²) >= 11 is 0. The Hall–Kier alpha value is -2.28. The number of benzene rings is 1. The van der Waals surface area contributed by atoms with Crippen molar-refractivity contribution in [1.29, 1.82) is 5.26 Å². The zero-order valence-electron chi connectivity index (χ0n) is 11.5. The summed E-state index contributed by atoms with van der Waals surface area (Å²) in [5.74, 6) is 1.86. The summed E-state index contributed by atoms with van der Waals surface area (Å²) in [6.45, 7) is 7.25. The lowest BCUT2D eigenvalue weighted by molar-refractivity contribution is 0.293. The molecule has 0 aliphatic carbocycles. The van der Waals surface area contributed by atoms with E-state index >= 15 is 0 Å². The Balaban J connectivity index is 2.04. The van der Waals surface area contributed by atoms with Crippen molar-refractivity contribution in [1.82, 2.24) is 9.55 Å². The average Bonchev–Trinajstić information content (AvgIpc) is 2.78. The summed E-state index contributed by atoms with van der Waals surface area (Å²) in [6, 6.07) is 5.86. The lowest BCUT2D eigenvalue weighted by Crippen LogP contribution is -2.10. The first-order valence-electron chi connectivity index (χ1n) is 6.23. The fraction of sp³-hybridized carbons (Fsp3) is 0.333. The van der Waals surface area contributed by atoms with Gasteiger partial charge in [-0.15, -0.1) is 0 Å². The third kappa shape index (κ3) is 2.94. The minimum atomic E-state index is 0.588. The maximum atomic E-state index is 8.91. The highest BCUT2D eigenvalue weighted by Crippen LogP contribution is 2.24. The van der Waals surface area contributed by atoms with Gasteiger partial charge in [-0.05, 0) is 44.0 Å². The zero-order chi connectivity index (χ0) is 13.8. The lowest BCUT2D eigenvalue weighted by atomic mass is 10.1. The van der Waals surface area contributed by atoms with E-state index in [-0.39, 0.29) is 0 Å². The van der Waals surface area contributed by atoms with Crippen LogP contribution < -0.4 is 4.74 Å². The molecule has 2 rings (SSSR count). The maximum Gasteiger partial charge on any atom is 0.125 e. The van der Waals surface area contributed by atoms with Crippen molar-refractivity contribution >= 4 is 0 Å². The molecular formula is C15H17N3O. The predicted molar refractivity (Wildman–Crippen MR) is 73.1 cm³/mol. The number of nitrogens with zero attached hydrogens (tertiary/aromatic N) is 3. The molecule has 1 aromatic carbocycles. The standard InChI is InChI=1S/C15H17N3O/c1-11-8-14(10-16)9-12(2)15(11)19-7-6-18-5-4-17-13(18)3/h4-5,8-9H,6-7H2,1-3H3. The molecule has 1 heterocycles. The van der Waals surface area contributed by atoms with Gasteiger partial charge in [0.15, 0.2) is 0 Å². The summed E-state index contributed by atoms with van der Waals surface area (Å²) in [6.07, 6.45) is 3.73. The summed E-state index contributed by atoms with van der Waals surface area (Å²) in [5, 5.41) is 8.91. The number of rotatable bonds is 4. The molecule has 0 aliphatic rings. The van der Waals surface area contributed by atoms with Crippen LogP contribution in [-0.4, -0.2) is 16.2 Å². The molecule has 0 saturated heterocycles. The van der Waals surface area contributed by atoms with Gasteiger partial charge in [0, 0.05) is 12.4 Å². The summed E-state index contributed by atoms with van der Waals surface area (Å²) in [7, 11) is 0. The second kappa shape index (κ2) is 5.57. The minimum Gasteiger partial charge on any atom is -0.491 e. The Labute approximate surface area is 113 Å². The molecule has 0 amide bonds. The molecule has 4 nitrogen and oxygen atoms in total. The highest BCUT2D eigenvalue weighted by Gasteiger charge is 2.06. The minimum absolute atomic E-state index is 0.588. The number of hydrogen-bond acceptors (Lipinski definition) is 3. The van der Waals surface area contributed by atoms with Gasteiger partial charge in [0.25, 0.3) is 0 Å². The number of imidazole rings is 1. The van der Waals surface area contributed by atoms with E-state index in [1.165, 1.54) is 0 Å². The van der Waals surface area contributed by atoms with Crippen LogP contribution in [0.2, 0.25) is 0 Å². The van der Waals surface area contributed by atoms with Gasteiger partial charge in [-0.1, -0.05) is 0 Å². The van der Waals surface area contributed by atoms with E-state index in [4.69, 9.17) is 10.00 Å². The summed E-state index contributed by atoms with van der Waals surface area (Å²) in [4.78, 5) is 4.17. The zero-order valence-corrected chi connectivity index (χ0v) is 11.5. The topological polar surface area (TPSA) is 50.8 Å². The summed E-state index contributed by atoms with van der Waals surface area (Å²) < 4.78 is 7.89. The van der Waals surface area contributed by atoms with Gasteiger partial charge in [-0.3, -0.25) is 0 Å². The van der Waals surface area contributed by atoms with Crippen molar-refractivity contribution in [2.45, 2.75) is 27.3 Å². The number of ether oxygens (including phenoxy) is 1. The van der Waals surface area contributed by atoms with Crippen molar-refractivity contribution in [2.24, 2.45) is 0 Å². The van der Waals surface area contributed by atoms with Crippen LogP contribution in [0.4, 0.5) is 0 Å². The second-order valence-electron chi connectivity index (χ2n) is 4.57. The fourth-order valence-electron chi connectivity index (χ4n) is 2.13. The van der Waals surface area contributed by atoms with Gasteiger partial charge in [-0.25, -0.2) is 4.98 Å². The van der Waals surface area contributed by atoms with E-state index in [0.717, 1.165) is 29.2 Å². The van der Waals surface area contributed by atoms with Crippen LogP contribution in [0.25, 0.3) is 0 Å². The van der Waals surface area contributed by atoms with Crippen LogP contribution in [0.5, 0.6) is 5.75 Å². The van der Waals surface area contributed by atoms with Crippen molar-refractivity contribution in [3.05, 3.63) is 47.0 Å². The Morgan fingerprint density at radius 2 is 1.95 bits per heavy atom. The van der Waals surface area contributed by atoms with Gasteiger partial charge in [0.1, 0.15) is 18.2 Å². The molecule has 0 unspecified atom stereocenters. The van der Waals surface area contributed by atoms with Crippen LogP contribution >= 0.6 is 0 Å². The largest absolute Gasteiger partial charge is 0.491 e. The molecule has 0 saturated carbocycles. The molecule has 0 spiro atoms. The molecule has 0 N–H and O–H groups in total. The van der Waals surface area contributed by atoms with Gasteiger partial charge < -0.3 is 9.30 Å². The van der Waals surface area contributed by atoms with Gasteiger partial charge in [0.2, 0.25) is 0 Å². The fourth-order valence-corrected chi connectivity index (χ4v) is 2.13. The lowest BCUT2D eigenvalue weighted by Gasteiger charge is -2.13. The Morgan fingerprint density at radius 1 is 1.26 bits per heavy atom. The highest BCUT2D eigenvalue weighted by molar-refractivity contribution is 5.47. The van der Waals surface area contributed by atoms with Crippen molar-refractivity contribution in [3.8, 4) is 11.8 Å². The predicted octanol–water partition coefficient (Wildman–Crippen LogP) is 2.76.